The molecule has 0 bridgehead atoms. The number of carboxylic acids is 1. The first-order valence-corrected chi connectivity index (χ1v) is 5.25. The highest BCUT2D eigenvalue weighted by molar-refractivity contribution is 7.99. The predicted octanol–water partition coefficient (Wildman–Crippen LogP) is 1.82. The zero-order valence-electron chi connectivity index (χ0n) is 7.88. The average Bonchev–Trinajstić information content (AvgIpc) is 2.17. The van der Waals surface area contributed by atoms with Gasteiger partial charge < -0.3 is 5.11 Å². The summed E-state index contributed by atoms with van der Waals surface area (Å²) in [5, 5.41) is 9.33. The molecule has 1 aromatic heterocycles. The van der Waals surface area contributed by atoms with Gasteiger partial charge in [0, 0.05) is 17.6 Å². The van der Waals surface area contributed by atoms with Gasteiger partial charge in [0.15, 0.2) is 5.16 Å². The molecule has 5 heteroatoms. The minimum absolute atomic E-state index is 0.0508. The van der Waals surface area contributed by atoms with E-state index < -0.39 is 5.97 Å². The summed E-state index contributed by atoms with van der Waals surface area (Å²) in [5.74, 6) is -0.778. The number of aromatic nitrogens is 2. The van der Waals surface area contributed by atoms with Crippen molar-refractivity contribution in [2.75, 3.05) is 0 Å². The lowest BCUT2D eigenvalue weighted by Gasteiger charge is -2.09. The second-order valence-electron chi connectivity index (χ2n) is 2.78. The van der Waals surface area contributed by atoms with Crippen LogP contribution in [-0.2, 0) is 4.79 Å². The number of hydrogen-bond acceptors (Lipinski definition) is 4. The second kappa shape index (κ2) is 5.59. The molecule has 1 rings (SSSR count). The monoisotopic (exact) mass is 212 g/mol. The maximum absolute atomic E-state index is 10.5. The molecule has 4 nitrogen and oxygen atoms in total. The minimum Gasteiger partial charge on any atom is -0.481 e. The van der Waals surface area contributed by atoms with Crippen molar-refractivity contribution in [3.05, 3.63) is 18.5 Å². The molecule has 1 unspecified atom stereocenters. The highest BCUT2D eigenvalue weighted by atomic mass is 32.2. The Labute approximate surface area is 86.8 Å². The van der Waals surface area contributed by atoms with Gasteiger partial charge in [0.1, 0.15) is 0 Å². The molecule has 14 heavy (non-hydrogen) atoms. The summed E-state index contributed by atoms with van der Waals surface area (Å²) < 4.78 is 0. The molecule has 0 aliphatic heterocycles. The molecular weight excluding hydrogens is 200 g/mol. The van der Waals surface area contributed by atoms with Crippen LogP contribution in [0.1, 0.15) is 19.8 Å². The Morgan fingerprint density at radius 3 is 2.71 bits per heavy atom. The number of aliphatic carboxylic acids is 1. The average molecular weight is 212 g/mol. The fourth-order valence-electron chi connectivity index (χ4n) is 0.959. The van der Waals surface area contributed by atoms with E-state index in [0.29, 0.717) is 5.16 Å². The van der Waals surface area contributed by atoms with Gasteiger partial charge in [0.2, 0.25) is 0 Å². The molecule has 0 amide bonds. The van der Waals surface area contributed by atoms with Crippen LogP contribution in [0, 0.1) is 0 Å². The van der Waals surface area contributed by atoms with Crippen molar-refractivity contribution >= 4 is 17.7 Å². The number of nitrogens with zero attached hydrogens (tertiary/aromatic N) is 2. The predicted molar refractivity (Wildman–Crippen MR) is 54.2 cm³/mol. The van der Waals surface area contributed by atoms with E-state index in [2.05, 4.69) is 9.97 Å². The first kappa shape index (κ1) is 11.0. The number of rotatable bonds is 5. The van der Waals surface area contributed by atoms with Gasteiger partial charge >= 0.3 is 5.97 Å². The smallest absolute Gasteiger partial charge is 0.304 e. The summed E-state index contributed by atoms with van der Waals surface area (Å²) in [7, 11) is 0. The molecule has 1 heterocycles. The van der Waals surface area contributed by atoms with E-state index in [4.69, 9.17) is 5.11 Å². The Morgan fingerprint density at radius 2 is 2.21 bits per heavy atom. The van der Waals surface area contributed by atoms with Crippen LogP contribution in [0.5, 0.6) is 0 Å². The lowest BCUT2D eigenvalue weighted by atomic mass is 10.2. The lowest BCUT2D eigenvalue weighted by molar-refractivity contribution is -0.136. The minimum atomic E-state index is -0.778. The fraction of sp³-hybridized carbons (Fsp3) is 0.444. The second-order valence-corrected chi connectivity index (χ2v) is 4.04. The van der Waals surface area contributed by atoms with Gasteiger partial charge in [-0.25, -0.2) is 9.97 Å². The zero-order valence-corrected chi connectivity index (χ0v) is 8.70. The molecule has 0 aliphatic rings. The van der Waals surface area contributed by atoms with E-state index in [1.54, 1.807) is 18.5 Å². The Balaban J connectivity index is 2.53. The van der Waals surface area contributed by atoms with Crippen molar-refractivity contribution in [1.29, 1.82) is 0 Å². The first-order valence-electron chi connectivity index (χ1n) is 4.37. The summed E-state index contributed by atoms with van der Waals surface area (Å²) in [6, 6.07) is 1.74. The fourth-order valence-corrected chi connectivity index (χ4v) is 1.89. The molecule has 76 valence electrons. The first-order chi connectivity index (χ1) is 6.72. The highest BCUT2D eigenvalue weighted by Crippen LogP contribution is 2.23. The van der Waals surface area contributed by atoms with Crippen LogP contribution in [-0.4, -0.2) is 26.3 Å². The van der Waals surface area contributed by atoms with Crippen LogP contribution in [0.15, 0.2) is 23.6 Å². The molecule has 1 aromatic rings. The van der Waals surface area contributed by atoms with Gasteiger partial charge in [-0.05, 0) is 12.5 Å². The van der Waals surface area contributed by atoms with E-state index in [-0.39, 0.29) is 11.7 Å². The summed E-state index contributed by atoms with van der Waals surface area (Å²) in [4.78, 5) is 18.6. The van der Waals surface area contributed by atoms with Gasteiger partial charge in [-0.1, -0.05) is 18.7 Å². The molecule has 0 saturated heterocycles. The Kier molecular flexibility index (Phi) is 4.39. The van der Waals surface area contributed by atoms with Gasteiger partial charge in [-0.2, -0.15) is 0 Å². The molecule has 1 atom stereocenters. The zero-order chi connectivity index (χ0) is 10.4. The molecular formula is C9H12N2O2S. The molecule has 0 aromatic carbocycles. The van der Waals surface area contributed by atoms with Gasteiger partial charge in [0.25, 0.3) is 0 Å². The summed E-state index contributed by atoms with van der Waals surface area (Å²) in [6.07, 6.45) is 4.26. The van der Waals surface area contributed by atoms with Crippen LogP contribution in [0.2, 0.25) is 0 Å². The van der Waals surface area contributed by atoms with Crippen LogP contribution in [0.4, 0.5) is 0 Å². The van der Waals surface area contributed by atoms with Crippen molar-refractivity contribution in [3.8, 4) is 0 Å². The normalized spacial score (nSPS) is 12.4. The lowest BCUT2D eigenvalue weighted by Crippen LogP contribution is -2.09. The molecule has 1 N–H and O–H groups in total. The van der Waals surface area contributed by atoms with Gasteiger partial charge in [0.05, 0.1) is 6.42 Å². The van der Waals surface area contributed by atoms with Crippen LogP contribution >= 0.6 is 11.8 Å². The van der Waals surface area contributed by atoms with E-state index in [9.17, 15) is 4.79 Å². The van der Waals surface area contributed by atoms with E-state index in [1.807, 2.05) is 6.92 Å². The third-order valence-electron chi connectivity index (χ3n) is 1.67. The van der Waals surface area contributed by atoms with Crippen molar-refractivity contribution < 1.29 is 9.90 Å². The molecule has 0 spiro atoms. The SMILES string of the molecule is CCC(CC(=O)O)Sc1ncccn1. The Morgan fingerprint density at radius 1 is 1.57 bits per heavy atom. The highest BCUT2D eigenvalue weighted by Gasteiger charge is 2.13. The van der Waals surface area contributed by atoms with Crippen LogP contribution in [0.25, 0.3) is 0 Å². The van der Waals surface area contributed by atoms with E-state index in [1.165, 1.54) is 11.8 Å². The number of hydrogen-bond donors (Lipinski definition) is 1. The standard InChI is InChI=1S/C9H12N2O2S/c1-2-7(6-8(12)13)14-9-10-4-3-5-11-9/h3-5,7H,2,6H2,1H3,(H,12,13). The summed E-state index contributed by atoms with van der Waals surface area (Å²) in [5.41, 5.74) is 0. The van der Waals surface area contributed by atoms with Gasteiger partial charge in [-0.15, -0.1) is 0 Å². The molecule has 0 saturated carbocycles. The maximum Gasteiger partial charge on any atom is 0.304 e. The van der Waals surface area contributed by atoms with Crippen molar-refractivity contribution in [2.24, 2.45) is 0 Å². The molecule has 0 fully saturated rings. The third-order valence-corrected chi connectivity index (χ3v) is 2.93. The molecule has 0 aliphatic carbocycles. The topological polar surface area (TPSA) is 63.1 Å². The van der Waals surface area contributed by atoms with Crippen LogP contribution < -0.4 is 0 Å². The molecule has 0 radical (unpaired) electrons. The van der Waals surface area contributed by atoms with Crippen molar-refractivity contribution in [1.82, 2.24) is 9.97 Å². The van der Waals surface area contributed by atoms with Crippen molar-refractivity contribution in [2.45, 2.75) is 30.2 Å². The van der Waals surface area contributed by atoms with Crippen molar-refractivity contribution in [3.63, 3.8) is 0 Å². The third kappa shape index (κ3) is 3.74. The Bertz CT molecular complexity index is 292. The van der Waals surface area contributed by atoms with Crippen LogP contribution in [0.3, 0.4) is 0 Å². The van der Waals surface area contributed by atoms with E-state index >= 15 is 0 Å². The number of thioether (sulfide) groups is 1. The Hall–Kier alpha value is -1.10. The number of carboxylic acid groups (broad SMARTS) is 1. The van der Waals surface area contributed by atoms with Gasteiger partial charge in [-0.3, -0.25) is 4.79 Å². The number of carbonyl (C=O) groups is 1. The summed E-state index contributed by atoms with van der Waals surface area (Å²) in [6.45, 7) is 1.96. The maximum atomic E-state index is 10.5. The summed E-state index contributed by atoms with van der Waals surface area (Å²) >= 11 is 1.41. The van der Waals surface area contributed by atoms with E-state index in [0.717, 1.165) is 6.42 Å². The quantitative estimate of drug-likeness (QED) is 0.596. The largest absolute Gasteiger partial charge is 0.481 e.